The standard InChI is InChI=1S/C10H16O.C2H6/c1-4-5-7-10(2)8-6-9-11-3;1-2/h4-5,7H,1-2,6,8-9H2,3H3;1-2H3/b7-5-;. The Morgan fingerprint density at radius 2 is 2.00 bits per heavy atom. The molecule has 0 aliphatic rings. The molecule has 1 nitrogen and oxygen atoms in total. The van der Waals surface area contributed by atoms with E-state index in [0.717, 1.165) is 25.0 Å². The Kier molecular flexibility index (Phi) is 15.5. The quantitative estimate of drug-likeness (QED) is 0.449. The van der Waals surface area contributed by atoms with Gasteiger partial charge in [-0.25, -0.2) is 0 Å². The van der Waals surface area contributed by atoms with E-state index in [-0.39, 0.29) is 0 Å². The average Bonchev–Trinajstić information content (AvgIpc) is 2.18. The lowest BCUT2D eigenvalue weighted by atomic mass is 10.1. The summed E-state index contributed by atoms with van der Waals surface area (Å²) in [6, 6.07) is 0. The Labute approximate surface area is 82.8 Å². The lowest BCUT2D eigenvalue weighted by Crippen LogP contribution is -1.88. The zero-order valence-corrected chi connectivity index (χ0v) is 9.18. The van der Waals surface area contributed by atoms with Crippen LogP contribution < -0.4 is 0 Å². The summed E-state index contributed by atoms with van der Waals surface area (Å²) in [4.78, 5) is 0. The summed E-state index contributed by atoms with van der Waals surface area (Å²) < 4.78 is 4.91. The summed E-state index contributed by atoms with van der Waals surface area (Å²) in [6.07, 6.45) is 7.66. The molecule has 0 aromatic carbocycles. The molecule has 0 atom stereocenters. The highest BCUT2D eigenvalue weighted by Gasteiger charge is 1.87. The molecule has 0 unspecified atom stereocenters. The van der Waals surface area contributed by atoms with Crippen molar-refractivity contribution in [1.29, 1.82) is 0 Å². The molecular weight excluding hydrogens is 160 g/mol. The summed E-state index contributed by atoms with van der Waals surface area (Å²) in [5, 5.41) is 0. The van der Waals surface area contributed by atoms with E-state index in [2.05, 4.69) is 13.2 Å². The number of ether oxygens (including phenoxy) is 1. The van der Waals surface area contributed by atoms with Crippen LogP contribution >= 0.6 is 0 Å². The molecule has 0 bridgehead atoms. The van der Waals surface area contributed by atoms with Crippen LogP contribution in [0, 0.1) is 0 Å². The second kappa shape index (κ2) is 13.7. The zero-order chi connectivity index (χ0) is 10.5. The van der Waals surface area contributed by atoms with Crippen molar-refractivity contribution in [2.24, 2.45) is 0 Å². The van der Waals surface area contributed by atoms with Gasteiger partial charge in [0.25, 0.3) is 0 Å². The molecule has 0 saturated heterocycles. The molecule has 0 aliphatic carbocycles. The third kappa shape index (κ3) is 14.1. The Balaban J connectivity index is 0. The molecule has 0 fully saturated rings. The van der Waals surface area contributed by atoms with Crippen molar-refractivity contribution in [3.05, 3.63) is 37.0 Å². The minimum Gasteiger partial charge on any atom is -0.385 e. The molecule has 0 rings (SSSR count). The van der Waals surface area contributed by atoms with Crippen LogP contribution in [0.25, 0.3) is 0 Å². The topological polar surface area (TPSA) is 9.23 Å². The number of hydrogen-bond acceptors (Lipinski definition) is 1. The van der Waals surface area contributed by atoms with E-state index in [4.69, 9.17) is 4.74 Å². The van der Waals surface area contributed by atoms with E-state index in [1.807, 2.05) is 26.0 Å². The van der Waals surface area contributed by atoms with Crippen LogP contribution in [-0.2, 0) is 4.74 Å². The highest BCUT2D eigenvalue weighted by Crippen LogP contribution is 2.03. The first kappa shape index (κ1) is 14.7. The molecule has 0 spiro atoms. The van der Waals surface area contributed by atoms with E-state index >= 15 is 0 Å². The lowest BCUT2D eigenvalue weighted by molar-refractivity contribution is 0.195. The van der Waals surface area contributed by atoms with Gasteiger partial charge in [0.15, 0.2) is 0 Å². The van der Waals surface area contributed by atoms with Gasteiger partial charge in [0.1, 0.15) is 0 Å². The van der Waals surface area contributed by atoms with Crippen molar-refractivity contribution in [2.45, 2.75) is 26.7 Å². The summed E-state index contributed by atoms with van der Waals surface area (Å²) in [7, 11) is 1.71. The van der Waals surface area contributed by atoms with Gasteiger partial charge in [0.2, 0.25) is 0 Å². The molecule has 0 saturated carbocycles. The van der Waals surface area contributed by atoms with Crippen LogP contribution in [0.3, 0.4) is 0 Å². The first-order valence-corrected chi connectivity index (χ1v) is 4.77. The molecular formula is C12H22O. The average molecular weight is 182 g/mol. The number of hydrogen-bond donors (Lipinski definition) is 0. The van der Waals surface area contributed by atoms with Crippen molar-refractivity contribution < 1.29 is 4.74 Å². The van der Waals surface area contributed by atoms with Gasteiger partial charge < -0.3 is 4.74 Å². The summed E-state index contributed by atoms with van der Waals surface area (Å²) in [5.41, 5.74) is 1.13. The van der Waals surface area contributed by atoms with Crippen LogP contribution in [0.15, 0.2) is 37.0 Å². The second-order valence-corrected chi connectivity index (χ2v) is 2.35. The monoisotopic (exact) mass is 182 g/mol. The molecule has 1 heteroatoms. The largest absolute Gasteiger partial charge is 0.385 e. The van der Waals surface area contributed by atoms with Gasteiger partial charge in [-0.05, 0) is 12.8 Å². The fourth-order valence-corrected chi connectivity index (χ4v) is 0.731. The van der Waals surface area contributed by atoms with E-state index in [0.29, 0.717) is 0 Å². The van der Waals surface area contributed by atoms with Crippen molar-refractivity contribution in [3.8, 4) is 0 Å². The van der Waals surface area contributed by atoms with Gasteiger partial charge in [-0.1, -0.05) is 50.8 Å². The fraction of sp³-hybridized carbons (Fsp3) is 0.500. The van der Waals surface area contributed by atoms with Crippen molar-refractivity contribution in [1.82, 2.24) is 0 Å². The van der Waals surface area contributed by atoms with Gasteiger partial charge in [-0.15, -0.1) is 0 Å². The Bertz CT molecular complexity index is 145. The smallest absolute Gasteiger partial charge is 0.0465 e. The van der Waals surface area contributed by atoms with Gasteiger partial charge >= 0.3 is 0 Å². The summed E-state index contributed by atoms with van der Waals surface area (Å²) in [5.74, 6) is 0. The van der Waals surface area contributed by atoms with Crippen LogP contribution in [0.2, 0.25) is 0 Å². The number of allylic oxidation sites excluding steroid dienone is 4. The second-order valence-electron chi connectivity index (χ2n) is 2.35. The summed E-state index contributed by atoms with van der Waals surface area (Å²) >= 11 is 0. The Morgan fingerprint density at radius 3 is 2.46 bits per heavy atom. The number of methoxy groups -OCH3 is 1. The lowest BCUT2D eigenvalue weighted by Gasteiger charge is -1.98. The molecule has 0 N–H and O–H groups in total. The van der Waals surface area contributed by atoms with E-state index in [1.165, 1.54) is 0 Å². The SMILES string of the molecule is C=C/C=C\C(=C)CCCOC.CC. The zero-order valence-electron chi connectivity index (χ0n) is 9.18. The highest BCUT2D eigenvalue weighted by molar-refractivity contribution is 5.17. The Morgan fingerprint density at radius 1 is 1.38 bits per heavy atom. The van der Waals surface area contributed by atoms with Crippen molar-refractivity contribution >= 4 is 0 Å². The minimum absolute atomic E-state index is 0.806. The molecule has 0 aliphatic heterocycles. The third-order valence-corrected chi connectivity index (χ3v) is 1.31. The van der Waals surface area contributed by atoms with E-state index in [9.17, 15) is 0 Å². The molecule has 76 valence electrons. The fourth-order valence-electron chi connectivity index (χ4n) is 0.731. The maximum absolute atomic E-state index is 4.91. The molecule has 0 radical (unpaired) electrons. The van der Waals surface area contributed by atoms with E-state index in [1.54, 1.807) is 13.2 Å². The van der Waals surface area contributed by atoms with Crippen LogP contribution in [0.5, 0.6) is 0 Å². The molecule has 0 amide bonds. The highest BCUT2D eigenvalue weighted by atomic mass is 16.5. The third-order valence-electron chi connectivity index (χ3n) is 1.31. The van der Waals surface area contributed by atoms with Crippen LogP contribution in [0.1, 0.15) is 26.7 Å². The summed E-state index contributed by atoms with van der Waals surface area (Å²) in [6.45, 7) is 12.3. The van der Waals surface area contributed by atoms with E-state index < -0.39 is 0 Å². The maximum Gasteiger partial charge on any atom is 0.0465 e. The van der Waals surface area contributed by atoms with Gasteiger partial charge in [0.05, 0.1) is 0 Å². The first-order valence-electron chi connectivity index (χ1n) is 4.77. The Hall–Kier alpha value is -0.820. The van der Waals surface area contributed by atoms with Gasteiger partial charge in [0, 0.05) is 13.7 Å². The van der Waals surface area contributed by atoms with Crippen LogP contribution in [-0.4, -0.2) is 13.7 Å². The minimum atomic E-state index is 0.806. The molecule has 0 aromatic heterocycles. The van der Waals surface area contributed by atoms with Gasteiger partial charge in [-0.3, -0.25) is 0 Å². The number of rotatable bonds is 6. The molecule has 13 heavy (non-hydrogen) atoms. The first-order chi connectivity index (χ1) is 6.31. The maximum atomic E-state index is 4.91. The normalized spacial score (nSPS) is 9.15. The van der Waals surface area contributed by atoms with Crippen molar-refractivity contribution in [3.63, 3.8) is 0 Å². The predicted octanol–water partition coefficient (Wildman–Crippen LogP) is 3.74. The van der Waals surface area contributed by atoms with Gasteiger partial charge in [-0.2, -0.15) is 0 Å². The molecule has 0 aromatic rings. The molecule has 0 heterocycles. The van der Waals surface area contributed by atoms with Crippen LogP contribution in [0.4, 0.5) is 0 Å². The predicted molar refractivity (Wildman–Crippen MR) is 60.9 cm³/mol. The van der Waals surface area contributed by atoms with Crippen molar-refractivity contribution in [2.75, 3.05) is 13.7 Å².